The predicted octanol–water partition coefficient (Wildman–Crippen LogP) is 2.76. The number of nitrogens with zero attached hydrogens (tertiary/aromatic N) is 2. The molecule has 0 atom stereocenters. The SMILES string of the molecule is Cc1cc(-c2ccc(F)cc2)nc(NC2CCNCC2)n1. The van der Waals surface area contributed by atoms with Crippen LogP contribution in [0, 0.1) is 12.7 Å². The van der Waals surface area contributed by atoms with E-state index in [2.05, 4.69) is 20.6 Å². The Labute approximate surface area is 123 Å². The second-order valence-corrected chi connectivity index (χ2v) is 5.39. The maximum absolute atomic E-state index is 13.0. The smallest absolute Gasteiger partial charge is 0.223 e. The summed E-state index contributed by atoms with van der Waals surface area (Å²) in [7, 11) is 0. The van der Waals surface area contributed by atoms with Crippen LogP contribution in [0.3, 0.4) is 0 Å². The summed E-state index contributed by atoms with van der Waals surface area (Å²) in [4.78, 5) is 9.02. The second-order valence-electron chi connectivity index (χ2n) is 5.39. The zero-order valence-corrected chi connectivity index (χ0v) is 12.1. The lowest BCUT2D eigenvalue weighted by molar-refractivity contribution is 0.477. The highest BCUT2D eigenvalue weighted by atomic mass is 19.1. The average Bonchev–Trinajstić information content (AvgIpc) is 2.48. The molecule has 110 valence electrons. The number of halogens is 1. The van der Waals surface area contributed by atoms with Crippen molar-refractivity contribution in [1.29, 1.82) is 0 Å². The third-order valence-corrected chi connectivity index (χ3v) is 3.67. The number of aromatic nitrogens is 2. The molecule has 2 heterocycles. The largest absolute Gasteiger partial charge is 0.351 e. The monoisotopic (exact) mass is 286 g/mol. The minimum Gasteiger partial charge on any atom is -0.351 e. The molecular formula is C16H19FN4. The van der Waals surface area contributed by atoms with Gasteiger partial charge in [0.15, 0.2) is 0 Å². The van der Waals surface area contributed by atoms with Crippen LogP contribution < -0.4 is 10.6 Å². The summed E-state index contributed by atoms with van der Waals surface area (Å²) in [6.07, 6.45) is 2.15. The molecule has 0 radical (unpaired) electrons. The summed E-state index contributed by atoms with van der Waals surface area (Å²) in [5, 5.41) is 6.74. The van der Waals surface area contributed by atoms with Crippen molar-refractivity contribution in [3.8, 4) is 11.3 Å². The van der Waals surface area contributed by atoms with Crippen LogP contribution in [0.25, 0.3) is 11.3 Å². The molecule has 1 aromatic heterocycles. The molecule has 5 heteroatoms. The fraction of sp³-hybridized carbons (Fsp3) is 0.375. The van der Waals surface area contributed by atoms with Crippen molar-refractivity contribution in [3.05, 3.63) is 41.8 Å². The van der Waals surface area contributed by atoms with Crippen LogP contribution in [-0.4, -0.2) is 29.1 Å². The molecule has 3 rings (SSSR count). The summed E-state index contributed by atoms with van der Waals surface area (Å²) < 4.78 is 13.0. The van der Waals surface area contributed by atoms with E-state index in [1.165, 1.54) is 12.1 Å². The zero-order valence-electron chi connectivity index (χ0n) is 12.1. The number of anilines is 1. The van der Waals surface area contributed by atoms with E-state index in [0.29, 0.717) is 12.0 Å². The molecule has 0 amide bonds. The number of rotatable bonds is 3. The van der Waals surface area contributed by atoms with Gasteiger partial charge < -0.3 is 10.6 Å². The zero-order chi connectivity index (χ0) is 14.7. The normalized spacial score (nSPS) is 15.9. The van der Waals surface area contributed by atoms with Crippen LogP contribution in [0.4, 0.5) is 10.3 Å². The first-order chi connectivity index (χ1) is 10.2. The highest BCUT2D eigenvalue weighted by molar-refractivity contribution is 5.60. The van der Waals surface area contributed by atoms with Crippen molar-refractivity contribution >= 4 is 5.95 Å². The molecule has 0 bridgehead atoms. The van der Waals surface area contributed by atoms with Gasteiger partial charge in [0, 0.05) is 17.3 Å². The number of hydrogen-bond donors (Lipinski definition) is 2. The standard InChI is InChI=1S/C16H19FN4/c1-11-10-15(12-2-4-13(17)5-3-12)21-16(19-11)20-14-6-8-18-9-7-14/h2-5,10,14,18H,6-9H2,1H3,(H,19,20,21). The van der Waals surface area contributed by atoms with E-state index in [-0.39, 0.29) is 5.82 Å². The molecule has 1 fully saturated rings. The van der Waals surface area contributed by atoms with Crippen molar-refractivity contribution in [3.63, 3.8) is 0 Å². The Morgan fingerprint density at radius 2 is 1.86 bits per heavy atom. The van der Waals surface area contributed by atoms with Crippen LogP contribution in [-0.2, 0) is 0 Å². The lowest BCUT2D eigenvalue weighted by atomic mass is 10.1. The predicted molar refractivity (Wildman–Crippen MR) is 81.7 cm³/mol. The molecule has 0 spiro atoms. The van der Waals surface area contributed by atoms with Gasteiger partial charge in [-0.1, -0.05) is 0 Å². The quantitative estimate of drug-likeness (QED) is 0.911. The summed E-state index contributed by atoms with van der Waals surface area (Å²) >= 11 is 0. The summed E-state index contributed by atoms with van der Waals surface area (Å²) in [6, 6.07) is 8.71. The van der Waals surface area contributed by atoms with Crippen molar-refractivity contribution in [2.45, 2.75) is 25.8 Å². The summed E-state index contributed by atoms with van der Waals surface area (Å²) in [5.74, 6) is 0.416. The highest BCUT2D eigenvalue weighted by Crippen LogP contribution is 2.20. The third kappa shape index (κ3) is 3.55. The van der Waals surface area contributed by atoms with Gasteiger partial charge in [0.1, 0.15) is 5.82 Å². The van der Waals surface area contributed by atoms with Crippen LogP contribution in [0.2, 0.25) is 0 Å². The Hall–Kier alpha value is -2.01. The number of benzene rings is 1. The van der Waals surface area contributed by atoms with Gasteiger partial charge >= 0.3 is 0 Å². The molecule has 2 aromatic rings. The number of aryl methyl sites for hydroxylation is 1. The van der Waals surface area contributed by atoms with Crippen LogP contribution in [0.5, 0.6) is 0 Å². The highest BCUT2D eigenvalue weighted by Gasteiger charge is 2.14. The van der Waals surface area contributed by atoms with Crippen LogP contribution >= 0.6 is 0 Å². The number of hydrogen-bond acceptors (Lipinski definition) is 4. The van der Waals surface area contributed by atoms with Gasteiger partial charge in [-0.15, -0.1) is 0 Å². The molecule has 1 aliphatic heterocycles. The van der Waals surface area contributed by atoms with E-state index >= 15 is 0 Å². The van der Waals surface area contributed by atoms with Gasteiger partial charge in [0.2, 0.25) is 5.95 Å². The molecule has 0 saturated carbocycles. The molecule has 21 heavy (non-hydrogen) atoms. The summed E-state index contributed by atoms with van der Waals surface area (Å²) in [6.45, 7) is 3.99. The topological polar surface area (TPSA) is 49.8 Å². The fourth-order valence-corrected chi connectivity index (χ4v) is 2.55. The summed E-state index contributed by atoms with van der Waals surface area (Å²) in [5.41, 5.74) is 2.62. The molecule has 0 aliphatic carbocycles. The first-order valence-electron chi connectivity index (χ1n) is 7.29. The maximum atomic E-state index is 13.0. The van der Waals surface area contributed by atoms with E-state index in [9.17, 15) is 4.39 Å². The Kier molecular flexibility index (Phi) is 4.10. The van der Waals surface area contributed by atoms with Crippen molar-refractivity contribution in [2.75, 3.05) is 18.4 Å². The molecule has 4 nitrogen and oxygen atoms in total. The van der Waals surface area contributed by atoms with Crippen LogP contribution in [0.15, 0.2) is 30.3 Å². The Morgan fingerprint density at radius 3 is 2.57 bits per heavy atom. The maximum Gasteiger partial charge on any atom is 0.223 e. The Balaban J connectivity index is 1.83. The third-order valence-electron chi connectivity index (χ3n) is 3.67. The Bertz CT molecular complexity index is 606. The van der Waals surface area contributed by atoms with Crippen molar-refractivity contribution in [1.82, 2.24) is 15.3 Å². The molecule has 0 unspecified atom stereocenters. The van der Waals surface area contributed by atoms with E-state index < -0.39 is 0 Å². The Morgan fingerprint density at radius 1 is 1.14 bits per heavy atom. The van der Waals surface area contributed by atoms with Crippen molar-refractivity contribution < 1.29 is 4.39 Å². The lowest BCUT2D eigenvalue weighted by Gasteiger charge is -2.23. The van der Waals surface area contributed by atoms with Crippen LogP contribution in [0.1, 0.15) is 18.5 Å². The first-order valence-corrected chi connectivity index (χ1v) is 7.29. The van der Waals surface area contributed by atoms with E-state index in [1.54, 1.807) is 12.1 Å². The minimum atomic E-state index is -0.238. The molecule has 2 N–H and O–H groups in total. The average molecular weight is 286 g/mol. The van der Waals surface area contributed by atoms with Gasteiger partial charge in [-0.05, 0) is 63.2 Å². The molecule has 1 aromatic carbocycles. The van der Waals surface area contributed by atoms with Gasteiger partial charge in [-0.3, -0.25) is 0 Å². The van der Waals surface area contributed by atoms with Gasteiger partial charge in [0.25, 0.3) is 0 Å². The van der Waals surface area contributed by atoms with E-state index in [1.807, 2.05) is 13.0 Å². The van der Waals surface area contributed by atoms with E-state index in [4.69, 9.17) is 0 Å². The first kappa shape index (κ1) is 13.9. The van der Waals surface area contributed by atoms with Gasteiger partial charge in [-0.25, -0.2) is 14.4 Å². The fourth-order valence-electron chi connectivity index (χ4n) is 2.55. The molecular weight excluding hydrogens is 267 g/mol. The minimum absolute atomic E-state index is 0.238. The number of piperidine rings is 1. The number of nitrogens with one attached hydrogen (secondary N) is 2. The van der Waals surface area contributed by atoms with E-state index in [0.717, 1.165) is 42.9 Å². The van der Waals surface area contributed by atoms with Gasteiger partial charge in [-0.2, -0.15) is 0 Å². The van der Waals surface area contributed by atoms with Crippen molar-refractivity contribution in [2.24, 2.45) is 0 Å². The molecule has 1 saturated heterocycles. The second kappa shape index (κ2) is 6.18. The lowest BCUT2D eigenvalue weighted by Crippen LogP contribution is -2.35. The van der Waals surface area contributed by atoms with Gasteiger partial charge in [0.05, 0.1) is 5.69 Å². The molecule has 1 aliphatic rings.